The van der Waals surface area contributed by atoms with E-state index in [1.807, 2.05) is 67.5 Å². The van der Waals surface area contributed by atoms with Crippen LogP contribution in [-0.4, -0.2) is 24.3 Å². The highest BCUT2D eigenvalue weighted by atomic mass is 35.5. The summed E-state index contributed by atoms with van der Waals surface area (Å²) in [4.78, 5) is 2.02. The van der Waals surface area contributed by atoms with E-state index in [0.29, 0.717) is 22.2 Å². The number of halogens is 1. The van der Waals surface area contributed by atoms with Crippen molar-refractivity contribution in [2.45, 2.75) is 5.92 Å². The van der Waals surface area contributed by atoms with E-state index < -0.39 is 5.92 Å². The molecule has 1 aliphatic heterocycles. The number of rotatable bonds is 3. The lowest BCUT2D eigenvalue weighted by Gasteiger charge is -2.24. The maximum Gasteiger partial charge on any atom is 0.244 e. The van der Waals surface area contributed by atoms with Gasteiger partial charge in [-0.3, -0.25) is 5.10 Å². The van der Waals surface area contributed by atoms with Crippen LogP contribution in [0.4, 0.5) is 5.69 Å². The Kier molecular flexibility index (Phi) is 4.46. The van der Waals surface area contributed by atoms with Gasteiger partial charge in [-0.05, 0) is 23.8 Å². The Morgan fingerprint density at radius 1 is 1.18 bits per heavy atom. The molecule has 0 unspecified atom stereocenters. The largest absolute Gasteiger partial charge is 0.420 e. The van der Waals surface area contributed by atoms with Crippen molar-refractivity contribution in [1.82, 2.24) is 10.2 Å². The Hall–Kier alpha value is -3.43. The molecule has 0 saturated heterocycles. The lowest BCUT2D eigenvalue weighted by molar-refractivity contribution is 0.379. The normalized spacial score (nSPS) is 15.6. The fourth-order valence-corrected chi connectivity index (χ4v) is 3.64. The molecule has 0 radical (unpaired) electrons. The molecular weight excluding hydrogens is 374 g/mol. The molecule has 0 amide bonds. The topological polar surface area (TPSA) is 91.0 Å². The van der Waals surface area contributed by atoms with Gasteiger partial charge in [-0.25, -0.2) is 0 Å². The van der Waals surface area contributed by atoms with Crippen LogP contribution in [0.5, 0.6) is 5.88 Å². The molecule has 0 fully saturated rings. The summed E-state index contributed by atoms with van der Waals surface area (Å²) in [6.45, 7) is 0. The second-order valence-corrected chi connectivity index (χ2v) is 7.12. The number of nitrogens with one attached hydrogen (secondary N) is 1. The number of ether oxygens (including phenoxy) is 1. The zero-order valence-electron chi connectivity index (χ0n) is 15.4. The minimum atomic E-state index is -0.407. The maximum atomic E-state index is 9.78. The Bertz CT molecular complexity index is 1110. The molecule has 3 aromatic rings. The van der Waals surface area contributed by atoms with Crippen molar-refractivity contribution in [3.05, 3.63) is 76.1 Å². The predicted molar refractivity (Wildman–Crippen MR) is 109 cm³/mol. The van der Waals surface area contributed by atoms with Crippen LogP contribution < -0.4 is 15.4 Å². The van der Waals surface area contributed by atoms with Crippen LogP contribution in [0.25, 0.3) is 11.3 Å². The van der Waals surface area contributed by atoms with Crippen molar-refractivity contribution in [3.63, 3.8) is 0 Å². The highest BCUT2D eigenvalue weighted by Gasteiger charge is 2.35. The molecular formula is C21H18ClN5O. The summed E-state index contributed by atoms with van der Waals surface area (Å²) in [5, 5.41) is 17.6. The smallest absolute Gasteiger partial charge is 0.244 e. The third-order valence-corrected chi connectivity index (χ3v) is 5.15. The predicted octanol–water partition coefficient (Wildman–Crippen LogP) is 4.01. The van der Waals surface area contributed by atoms with Gasteiger partial charge in [-0.1, -0.05) is 41.9 Å². The minimum Gasteiger partial charge on any atom is -0.420 e. The molecule has 140 valence electrons. The highest BCUT2D eigenvalue weighted by molar-refractivity contribution is 6.33. The van der Waals surface area contributed by atoms with Gasteiger partial charge in [0.2, 0.25) is 11.8 Å². The van der Waals surface area contributed by atoms with Gasteiger partial charge in [0.1, 0.15) is 11.6 Å². The monoisotopic (exact) mass is 391 g/mol. The van der Waals surface area contributed by atoms with E-state index >= 15 is 0 Å². The molecule has 0 spiro atoms. The summed E-state index contributed by atoms with van der Waals surface area (Å²) in [5.74, 6) is 0.0111. The van der Waals surface area contributed by atoms with Crippen LogP contribution in [-0.2, 0) is 0 Å². The van der Waals surface area contributed by atoms with Crippen molar-refractivity contribution in [3.8, 4) is 23.2 Å². The summed E-state index contributed by atoms with van der Waals surface area (Å²) in [6, 6.07) is 17.7. The van der Waals surface area contributed by atoms with E-state index in [1.54, 1.807) is 0 Å². The molecule has 0 bridgehead atoms. The number of anilines is 1. The van der Waals surface area contributed by atoms with Crippen LogP contribution in [0.15, 0.2) is 60.0 Å². The number of nitrogens with zero attached hydrogens (tertiary/aromatic N) is 3. The molecule has 1 aromatic heterocycles. The number of allylic oxidation sites excluding steroid dienone is 1. The molecule has 1 aliphatic rings. The summed E-state index contributed by atoms with van der Waals surface area (Å²) >= 11 is 6.41. The maximum absolute atomic E-state index is 9.78. The average molecular weight is 392 g/mol. The zero-order valence-corrected chi connectivity index (χ0v) is 16.2. The fraction of sp³-hybridized carbons (Fsp3) is 0.143. The van der Waals surface area contributed by atoms with Crippen LogP contribution in [0.3, 0.4) is 0 Å². The Balaban J connectivity index is 1.92. The molecule has 7 heteroatoms. The van der Waals surface area contributed by atoms with Gasteiger partial charge in [0.05, 0.1) is 17.2 Å². The van der Waals surface area contributed by atoms with Crippen LogP contribution in [0.1, 0.15) is 17.0 Å². The first-order chi connectivity index (χ1) is 13.5. The number of aromatic nitrogens is 2. The summed E-state index contributed by atoms with van der Waals surface area (Å²) in [7, 11) is 3.96. The number of hydrogen-bond donors (Lipinski definition) is 2. The molecule has 28 heavy (non-hydrogen) atoms. The van der Waals surface area contributed by atoms with E-state index in [9.17, 15) is 5.26 Å². The second-order valence-electron chi connectivity index (χ2n) is 6.71. The molecule has 2 heterocycles. The van der Waals surface area contributed by atoms with Crippen LogP contribution >= 0.6 is 11.6 Å². The number of H-pyrrole nitrogens is 1. The summed E-state index contributed by atoms with van der Waals surface area (Å²) in [6.07, 6.45) is 0. The van der Waals surface area contributed by atoms with Gasteiger partial charge in [0.25, 0.3) is 0 Å². The number of nitrogens with two attached hydrogens (primary N) is 1. The average Bonchev–Trinajstić information content (AvgIpc) is 3.10. The van der Waals surface area contributed by atoms with E-state index in [0.717, 1.165) is 22.4 Å². The fourth-order valence-electron chi connectivity index (χ4n) is 3.41. The van der Waals surface area contributed by atoms with Crippen LogP contribution in [0, 0.1) is 11.3 Å². The Morgan fingerprint density at radius 3 is 2.54 bits per heavy atom. The number of hydrogen-bond acceptors (Lipinski definition) is 5. The summed E-state index contributed by atoms with van der Waals surface area (Å²) in [5.41, 5.74) is 10.6. The van der Waals surface area contributed by atoms with Crippen molar-refractivity contribution >= 4 is 17.3 Å². The molecule has 0 saturated carbocycles. The highest BCUT2D eigenvalue weighted by Crippen LogP contribution is 2.46. The first-order valence-corrected chi connectivity index (χ1v) is 9.07. The summed E-state index contributed by atoms with van der Waals surface area (Å²) < 4.78 is 5.63. The van der Waals surface area contributed by atoms with Crippen molar-refractivity contribution in [2.75, 3.05) is 19.0 Å². The van der Waals surface area contributed by atoms with Gasteiger partial charge in [-0.2, -0.15) is 5.26 Å². The molecule has 2 aromatic carbocycles. The van der Waals surface area contributed by atoms with E-state index in [-0.39, 0.29) is 5.88 Å². The minimum absolute atomic E-state index is 0.0638. The third kappa shape index (κ3) is 2.86. The number of aromatic amines is 1. The Morgan fingerprint density at radius 2 is 1.89 bits per heavy atom. The van der Waals surface area contributed by atoms with Gasteiger partial charge in [-0.15, -0.1) is 5.10 Å². The first-order valence-electron chi connectivity index (χ1n) is 8.69. The van der Waals surface area contributed by atoms with Crippen LogP contribution in [0.2, 0.25) is 5.02 Å². The molecule has 0 aliphatic carbocycles. The number of benzene rings is 2. The van der Waals surface area contributed by atoms with Crippen molar-refractivity contribution < 1.29 is 4.74 Å². The van der Waals surface area contributed by atoms with Gasteiger partial charge in [0, 0.05) is 30.4 Å². The molecule has 3 N–H and O–H groups in total. The molecule has 6 nitrogen and oxygen atoms in total. The lowest BCUT2D eigenvalue weighted by Crippen LogP contribution is -2.21. The quantitative estimate of drug-likeness (QED) is 0.703. The van der Waals surface area contributed by atoms with E-state index in [2.05, 4.69) is 16.3 Å². The second kappa shape index (κ2) is 6.95. The molecule has 1 atom stereocenters. The lowest BCUT2D eigenvalue weighted by atomic mass is 9.83. The molecule has 4 rings (SSSR count). The van der Waals surface area contributed by atoms with Gasteiger partial charge < -0.3 is 15.4 Å². The van der Waals surface area contributed by atoms with Gasteiger partial charge >= 0.3 is 0 Å². The SMILES string of the molecule is CN(C)c1ccc([C@@H]2C(C#N)=C(N)Oc3n[nH]c(-c4ccccc4Cl)c32)cc1. The number of fused-ring (bicyclic) bond motifs is 1. The van der Waals surface area contributed by atoms with Gasteiger partial charge in [0.15, 0.2) is 0 Å². The Labute approximate surface area is 167 Å². The first kappa shape index (κ1) is 18.0. The number of nitriles is 1. The standard InChI is InChI=1S/C21H18ClN5O/c1-27(2)13-9-7-12(8-10-13)17-15(11-23)20(24)28-21-18(17)19(25-26-21)14-5-3-4-6-16(14)22/h3-10,17H,24H2,1-2H3,(H,25,26)/t17-/m1/s1. The van der Waals surface area contributed by atoms with Crippen molar-refractivity contribution in [2.24, 2.45) is 5.73 Å². The van der Waals surface area contributed by atoms with E-state index in [1.165, 1.54) is 0 Å². The van der Waals surface area contributed by atoms with Crippen molar-refractivity contribution in [1.29, 1.82) is 5.26 Å². The zero-order chi connectivity index (χ0) is 19.8. The third-order valence-electron chi connectivity index (χ3n) is 4.82. The van der Waals surface area contributed by atoms with E-state index in [4.69, 9.17) is 22.1 Å².